The van der Waals surface area contributed by atoms with E-state index in [0.717, 1.165) is 0 Å². The summed E-state index contributed by atoms with van der Waals surface area (Å²) in [5, 5.41) is 32.9. The van der Waals surface area contributed by atoms with E-state index in [2.05, 4.69) is 10.6 Å². The number of hydrogen-bond donors (Lipinski definition) is 7. The first-order valence-electron chi connectivity index (χ1n) is 8.18. The summed E-state index contributed by atoms with van der Waals surface area (Å²) in [6, 6.07) is -5.25. The quantitative estimate of drug-likeness (QED) is 0.177. The Labute approximate surface area is 159 Å². The molecule has 0 radical (unpaired) electrons. The van der Waals surface area contributed by atoms with Crippen molar-refractivity contribution in [3.05, 3.63) is 0 Å². The lowest BCUT2D eigenvalue weighted by Crippen LogP contribution is -2.56. The van der Waals surface area contributed by atoms with E-state index in [-0.39, 0.29) is 6.42 Å². The van der Waals surface area contributed by atoms with Crippen LogP contribution in [-0.2, 0) is 28.8 Å². The molecule has 0 aliphatic heterocycles. The van der Waals surface area contributed by atoms with Gasteiger partial charge in [-0.15, -0.1) is 0 Å². The van der Waals surface area contributed by atoms with Gasteiger partial charge in [-0.05, 0) is 20.3 Å². The molecule has 4 unspecified atom stereocenters. The van der Waals surface area contributed by atoms with Gasteiger partial charge in [0.05, 0.1) is 12.5 Å². The maximum absolute atomic E-state index is 12.3. The summed E-state index contributed by atoms with van der Waals surface area (Å²) in [6.45, 7) is 2.68. The van der Waals surface area contributed by atoms with Gasteiger partial charge < -0.3 is 37.0 Å². The number of nitrogens with one attached hydrogen (secondary N) is 3. The van der Waals surface area contributed by atoms with Gasteiger partial charge in [0.2, 0.25) is 17.7 Å². The molecule has 0 aliphatic rings. The second-order valence-corrected chi connectivity index (χ2v) is 6.01. The molecule has 0 bridgehead atoms. The molecule has 13 nitrogen and oxygen atoms in total. The van der Waals surface area contributed by atoms with Gasteiger partial charge >= 0.3 is 17.9 Å². The predicted molar refractivity (Wildman–Crippen MR) is 91.9 cm³/mol. The fourth-order valence-corrected chi connectivity index (χ4v) is 1.89. The summed E-state index contributed by atoms with van der Waals surface area (Å²) in [4.78, 5) is 68.4. The van der Waals surface area contributed by atoms with Crippen LogP contribution < -0.4 is 21.7 Å². The summed E-state index contributed by atoms with van der Waals surface area (Å²) >= 11 is 0. The summed E-state index contributed by atoms with van der Waals surface area (Å²) in [6.07, 6.45) is -1.84. The van der Waals surface area contributed by atoms with Crippen LogP contribution in [0.5, 0.6) is 0 Å². The van der Waals surface area contributed by atoms with Crippen molar-refractivity contribution >= 4 is 35.6 Å². The molecule has 0 rings (SSSR count). The van der Waals surface area contributed by atoms with E-state index in [1.807, 2.05) is 5.32 Å². The number of carboxylic acids is 3. The second-order valence-electron chi connectivity index (χ2n) is 6.01. The molecule has 0 spiro atoms. The van der Waals surface area contributed by atoms with E-state index in [1.165, 1.54) is 13.8 Å². The van der Waals surface area contributed by atoms with Crippen molar-refractivity contribution in [1.82, 2.24) is 16.0 Å². The minimum atomic E-state index is -1.77. The van der Waals surface area contributed by atoms with Crippen LogP contribution in [0.15, 0.2) is 0 Å². The van der Waals surface area contributed by atoms with E-state index in [0.29, 0.717) is 0 Å². The zero-order chi connectivity index (χ0) is 22.0. The van der Waals surface area contributed by atoms with Crippen molar-refractivity contribution in [2.75, 3.05) is 0 Å². The molecule has 0 aromatic heterocycles. The molecule has 0 heterocycles. The van der Waals surface area contributed by atoms with Crippen LogP contribution in [0.4, 0.5) is 0 Å². The van der Waals surface area contributed by atoms with Crippen molar-refractivity contribution in [3.8, 4) is 0 Å². The van der Waals surface area contributed by atoms with E-state index in [1.54, 1.807) is 0 Å². The molecule has 0 saturated heterocycles. The van der Waals surface area contributed by atoms with Gasteiger partial charge in [-0.25, -0.2) is 4.79 Å². The van der Waals surface area contributed by atoms with Gasteiger partial charge in [0.15, 0.2) is 0 Å². The van der Waals surface area contributed by atoms with Crippen LogP contribution in [0.2, 0.25) is 0 Å². The fourth-order valence-electron chi connectivity index (χ4n) is 1.89. The summed E-state index contributed by atoms with van der Waals surface area (Å²) in [5.41, 5.74) is 5.36. The highest BCUT2D eigenvalue weighted by atomic mass is 16.4. The zero-order valence-corrected chi connectivity index (χ0v) is 15.3. The van der Waals surface area contributed by atoms with Gasteiger partial charge in [-0.2, -0.15) is 0 Å². The first kappa shape index (κ1) is 24.8. The smallest absolute Gasteiger partial charge is 0.326 e. The first-order chi connectivity index (χ1) is 12.8. The van der Waals surface area contributed by atoms with Crippen molar-refractivity contribution in [3.63, 3.8) is 0 Å². The monoisotopic (exact) mass is 404 g/mol. The molecular weight excluding hydrogens is 380 g/mol. The lowest BCUT2D eigenvalue weighted by Gasteiger charge is -2.22. The van der Waals surface area contributed by atoms with Crippen molar-refractivity contribution in [1.29, 1.82) is 0 Å². The topological polar surface area (TPSA) is 225 Å². The van der Waals surface area contributed by atoms with Crippen molar-refractivity contribution < 1.29 is 44.1 Å². The van der Waals surface area contributed by atoms with Gasteiger partial charge in [-0.3, -0.25) is 24.0 Å². The maximum atomic E-state index is 12.3. The molecule has 0 aliphatic carbocycles. The lowest BCUT2D eigenvalue weighted by atomic mass is 10.1. The third-order valence-corrected chi connectivity index (χ3v) is 3.44. The van der Waals surface area contributed by atoms with Crippen LogP contribution in [0, 0.1) is 0 Å². The Kier molecular flexibility index (Phi) is 10.2. The number of nitrogens with two attached hydrogens (primary N) is 1. The highest BCUT2D eigenvalue weighted by Gasteiger charge is 2.29. The Hall–Kier alpha value is -3.22. The largest absolute Gasteiger partial charge is 0.481 e. The number of carbonyl (C=O) groups excluding carboxylic acids is 3. The maximum Gasteiger partial charge on any atom is 0.326 e. The standard InChI is InChI=1S/C15H24N4O9/c1-6(16)12(24)17-7(2)13(25)18-8(3-4-10(20)21)14(26)19-9(15(27)28)5-11(22)23/h6-9H,3-5,16H2,1-2H3,(H,17,24)(H,18,25)(H,19,26)(H,20,21)(H,22,23)(H,27,28). The van der Waals surface area contributed by atoms with Crippen LogP contribution in [0.25, 0.3) is 0 Å². The first-order valence-corrected chi connectivity index (χ1v) is 8.18. The normalized spacial score (nSPS) is 14.7. The average molecular weight is 404 g/mol. The molecule has 4 atom stereocenters. The SMILES string of the molecule is CC(N)C(=O)NC(C)C(=O)NC(CCC(=O)O)C(=O)NC(CC(=O)O)C(=O)O. The fraction of sp³-hybridized carbons (Fsp3) is 0.600. The van der Waals surface area contributed by atoms with Gasteiger partial charge in [-0.1, -0.05) is 0 Å². The minimum Gasteiger partial charge on any atom is -0.481 e. The Balaban J connectivity index is 5.18. The third kappa shape index (κ3) is 9.47. The van der Waals surface area contributed by atoms with Gasteiger partial charge in [0.1, 0.15) is 18.1 Å². The number of amides is 3. The van der Waals surface area contributed by atoms with E-state index in [9.17, 15) is 28.8 Å². The van der Waals surface area contributed by atoms with Crippen LogP contribution >= 0.6 is 0 Å². The minimum absolute atomic E-state index is 0.389. The van der Waals surface area contributed by atoms with E-state index < -0.39 is 72.6 Å². The van der Waals surface area contributed by atoms with Crippen molar-refractivity contribution in [2.45, 2.75) is 57.3 Å². The molecule has 0 aromatic rings. The summed E-state index contributed by atoms with van der Waals surface area (Å²) in [7, 11) is 0. The zero-order valence-electron chi connectivity index (χ0n) is 15.3. The highest BCUT2D eigenvalue weighted by Crippen LogP contribution is 2.02. The van der Waals surface area contributed by atoms with Crippen LogP contribution in [-0.4, -0.2) is 75.1 Å². The molecule has 28 heavy (non-hydrogen) atoms. The Morgan fingerprint density at radius 1 is 0.786 bits per heavy atom. The summed E-state index contributed by atoms with van der Waals surface area (Å²) < 4.78 is 0. The number of hydrogen-bond acceptors (Lipinski definition) is 7. The molecular formula is C15H24N4O9. The Morgan fingerprint density at radius 2 is 1.32 bits per heavy atom. The van der Waals surface area contributed by atoms with Crippen molar-refractivity contribution in [2.24, 2.45) is 5.73 Å². The predicted octanol–water partition coefficient (Wildman–Crippen LogP) is -2.77. The van der Waals surface area contributed by atoms with Crippen LogP contribution in [0.1, 0.15) is 33.1 Å². The Bertz CT molecular complexity index is 635. The third-order valence-electron chi connectivity index (χ3n) is 3.44. The second kappa shape index (κ2) is 11.5. The number of aliphatic carboxylic acids is 3. The van der Waals surface area contributed by atoms with Crippen LogP contribution in [0.3, 0.4) is 0 Å². The molecule has 0 fully saturated rings. The lowest BCUT2D eigenvalue weighted by molar-refractivity contribution is -0.147. The molecule has 0 aromatic carbocycles. The number of rotatable bonds is 12. The number of carbonyl (C=O) groups is 6. The molecule has 158 valence electrons. The van der Waals surface area contributed by atoms with E-state index >= 15 is 0 Å². The summed E-state index contributed by atoms with van der Waals surface area (Å²) in [5.74, 6) is -6.92. The Morgan fingerprint density at radius 3 is 1.75 bits per heavy atom. The molecule has 8 N–H and O–H groups in total. The van der Waals surface area contributed by atoms with Gasteiger partial charge in [0.25, 0.3) is 0 Å². The average Bonchev–Trinajstić information content (AvgIpc) is 2.56. The molecule has 0 saturated carbocycles. The number of carboxylic acid groups (broad SMARTS) is 3. The highest BCUT2D eigenvalue weighted by molar-refractivity contribution is 5.94. The molecule has 3 amide bonds. The molecule has 13 heteroatoms. The van der Waals surface area contributed by atoms with E-state index in [4.69, 9.17) is 21.1 Å². The van der Waals surface area contributed by atoms with Gasteiger partial charge in [0, 0.05) is 6.42 Å².